The van der Waals surface area contributed by atoms with Crippen LogP contribution in [0.15, 0.2) is 69.1 Å². The zero-order chi connectivity index (χ0) is 19.9. The van der Waals surface area contributed by atoms with Crippen molar-refractivity contribution in [3.8, 4) is 0 Å². The maximum absolute atomic E-state index is 12.7. The van der Waals surface area contributed by atoms with Crippen molar-refractivity contribution in [3.63, 3.8) is 0 Å². The Kier molecular flexibility index (Phi) is 6.45. The van der Waals surface area contributed by atoms with Crippen molar-refractivity contribution in [2.75, 3.05) is 5.75 Å². The van der Waals surface area contributed by atoms with Gasteiger partial charge in [-0.15, -0.1) is 5.10 Å². The summed E-state index contributed by atoms with van der Waals surface area (Å²) in [4.78, 5) is 12.7. The van der Waals surface area contributed by atoms with Gasteiger partial charge < -0.3 is 10.2 Å². The van der Waals surface area contributed by atoms with Gasteiger partial charge in [-0.2, -0.15) is 0 Å². The topological polar surface area (TPSA) is 82.6 Å². The summed E-state index contributed by atoms with van der Waals surface area (Å²) >= 11 is 1.40. The Morgan fingerprint density at radius 2 is 2.04 bits per heavy atom. The molecule has 0 aliphatic heterocycles. The summed E-state index contributed by atoms with van der Waals surface area (Å²) in [6.07, 6.45) is 6.98. The van der Waals surface area contributed by atoms with Crippen LogP contribution >= 0.6 is 11.8 Å². The first-order valence-corrected chi connectivity index (χ1v) is 9.82. The summed E-state index contributed by atoms with van der Waals surface area (Å²) < 4.78 is 5.60. The summed E-state index contributed by atoms with van der Waals surface area (Å²) in [5, 5.41) is 7.75. The minimum absolute atomic E-state index is 0.0986. The molecule has 0 amide bonds. The molecule has 2 aromatic carbocycles. The first kappa shape index (κ1) is 19.6. The van der Waals surface area contributed by atoms with Gasteiger partial charge in [0.1, 0.15) is 17.4 Å². The molecule has 1 aromatic heterocycles. The number of hydrogen-bond donors (Lipinski definition) is 2. The van der Waals surface area contributed by atoms with Crippen LogP contribution < -0.4 is 16.3 Å². The van der Waals surface area contributed by atoms with Gasteiger partial charge in [-0.1, -0.05) is 60.3 Å². The highest BCUT2D eigenvalue weighted by Gasteiger charge is 2.10. The quantitative estimate of drug-likeness (QED) is 0.397. The minimum atomic E-state index is -0.0986. The van der Waals surface area contributed by atoms with Crippen molar-refractivity contribution >= 4 is 40.2 Å². The van der Waals surface area contributed by atoms with E-state index in [4.69, 9.17) is 10.2 Å². The highest BCUT2D eigenvalue weighted by Crippen LogP contribution is 2.17. The molecule has 3 rings (SSSR count). The van der Waals surface area contributed by atoms with Crippen molar-refractivity contribution in [2.45, 2.75) is 13.8 Å². The number of thioether (sulfide) groups is 1. The second-order valence-electron chi connectivity index (χ2n) is 6.32. The van der Waals surface area contributed by atoms with Crippen LogP contribution in [0.5, 0.6) is 0 Å². The summed E-state index contributed by atoms with van der Waals surface area (Å²) in [5.41, 5.74) is 9.85. The molecule has 0 aliphatic carbocycles. The number of aryl methyl sites for hydroxylation is 2. The van der Waals surface area contributed by atoms with E-state index in [9.17, 15) is 4.79 Å². The highest BCUT2D eigenvalue weighted by molar-refractivity contribution is 8.13. The Morgan fingerprint density at radius 3 is 2.82 bits per heavy atom. The van der Waals surface area contributed by atoms with Crippen LogP contribution in [-0.4, -0.2) is 17.1 Å². The molecule has 3 aromatic rings. The number of amidine groups is 1. The largest absolute Gasteiger partial charge is 0.463 e. The molecule has 0 saturated carbocycles. The van der Waals surface area contributed by atoms with Gasteiger partial charge in [-0.25, -0.2) is 0 Å². The van der Waals surface area contributed by atoms with Crippen molar-refractivity contribution in [2.24, 2.45) is 10.8 Å². The molecule has 0 fully saturated rings. The Hall–Kier alpha value is -3.12. The molecule has 0 radical (unpaired) electrons. The number of nitrogens with zero attached hydrogens (tertiary/aromatic N) is 1. The number of nitrogens with one attached hydrogen (secondary N) is 1. The molecular formula is C22H22N3O2S+. The van der Waals surface area contributed by atoms with Gasteiger partial charge in [0.05, 0.1) is 5.39 Å². The van der Waals surface area contributed by atoms with E-state index >= 15 is 0 Å². The SMILES string of the molecule is Cc1cc(C)c2c(=O)c(C=[NH+]N=C(N)SCC=Cc3ccccc3)coc2c1. The van der Waals surface area contributed by atoms with Crippen LogP contribution in [0.25, 0.3) is 17.0 Å². The van der Waals surface area contributed by atoms with Crippen LogP contribution in [0.2, 0.25) is 0 Å². The third-order valence-electron chi connectivity index (χ3n) is 4.08. The predicted octanol–water partition coefficient (Wildman–Crippen LogP) is 2.59. The molecule has 3 N–H and O–H groups in total. The van der Waals surface area contributed by atoms with E-state index in [1.165, 1.54) is 24.2 Å². The third-order valence-corrected chi connectivity index (χ3v) is 4.82. The Balaban J connectivity index is 1.65. The molecule has 0 bridgehead atoms. The summed E-state index contributed by atoms with van der Waals surface area (Å²) in [7, 11) is 0. The Labute approximate surface area is 167 Å². The predicted molar refractivity (Wildman–Crippen MR) is 118 cm³/mol. The van der Waals surface area contributed by atoms with E-state index < -0.39 is 0 Å². The van der Waals surface area contributed by atoms with Gasteiger partial charge in [0.25, 0.3) is 0 Å². The number of nitrogens with two attached hydrogens (primary N) is 1. The maximum atomic E-state index is 12.7. The highest BCUT2D eigenvalue weighted by atomic mass is 32.2. The second kappa shape index (κ2) is 9.19. The van der Waals surface area contributed by atoms with Gasteiger partial charge >= 0.3 is 0 Å². The van der Waals surface area contributed by atoms with E-state index in [0.717, 1.165) is 16.7 Å². The summed E-state index contributed by atoms with van der Waals surface area (Å²) in [6, 6.07) is 13.9. The zero-order valence-corrected chi connectivity index (χ0v) is 16.6. The van der Waals surface area contributed by atoms with Crippen molar-refractivity contribution in [1.29, 1.82) is 0 Å². The molecule has 5 nitrogen and oxygen atoms in total. The fourth-order valence-corrected chi connectivity index (χ4v) is 3.30. The van der Waals surface area contributed by atoms with Gasteiger partial charge in [0.2, 0.25) is 16.8 Å². The van der Waals surface area contributed by atoms with E-state index in [-0.39, 0.29) is 5.43 Å². The fraction of sp³-hybridized carbons (Fsp3) is 0.136. The minimum Gasteiger partial charge on any atom is -0.463 e. The lowest BCUT2D eigenvalue weighted by Crippen LogP contribution is -2.63. The lowest BCUT2D eigenvalue weighted by molar-refractivity contribution is -0.456. The van der Waals surface area contributed by atoms with Crippen LogP contribution in [-0.2, 0) is 0 Å². The zero-order valence-electron chi connectivity index (χ0n) is 15.8. The monoisotopic (exact) mass is 392 g/mol. The molecule has 28 heavy (non-hydrogen) atoms. The number of hydrogen-bond acceptors (Lipinski definition) is 4. The second-order valence-corrected chi connectivity index (χ2v) is 7.36. The lowest BCUT2D eigenvalue weighted by Gasteiger charge is -2.02. The molecule has 0 saturated heterocycles. The van der Waals surface area contributed by atoms with E-state index in [0.29, 0.717) is 27.5 Å². The van der Waals surface area contributed by atoms with Crippen LogP contribution in [0.1, 0.15) is 22.3 Å². The maximum Gasteiger partial charge on any atom is 0.226 e. The van der Waals surface area contributed by atoms with Gasteiger partial charge in [0, 0.05) is 10.9 Å². The van der Waals surface area contributed by atoms with Gasteiger partial charge in [-0.05, 0) is 36.6 Å². The van der Waals surface area contributed by atoms with E-state index in [1.807, 2.05) is 68.5 Å². The Bertz CT molecular complexity index is 1120. The van der Waals surface area contributed by atoms with Gasteiger partial charge in [-0.3, -0.25) is 4.79 Å². The molecule has 0 unspecified atom stereocenters. The number of rotatable bonds is 5. The van der Waals surface area contributed by atoms with Gasteiger partial charge in [0.15, 0.2) is 0 Å². The van der Waals surface area contributed by atoms with Crippen molar-refractivity contribution in [1.82, 2.24) is 0 Å². The standard InChI is InChI=1S/C22H21N3O2S/c1-15-11-16(2)20-19(12-15)27-14-18(21(20)26)13-24-25-22(23)28-10-6-9-17-7-4-3-5-8-17/h3-9,11-14H,10H2,1-2H3,(H2,23,25)/p+1. The molecule has 1 heterocycles. The summed E-state index contributed by atoms with van der Waals surface area (Å²) in [6.45, 7) is 3.87. The Morgan fingerprint density at radius 1 is 1.25 bits per heavy atom. The molecule has 0 aliphatic rings. The molecule has 0 spiro atoms. The third kappa shape index (κ3) is 4.98. The van der Waals surface area contributed by atoms with Crippen molar-refractivity contribution < 1.29 is 9.52 Å². The molecular weight excluding hydrogens is 370 g/mol. The number of benzene rings is 2. The molecule has 0 atom stereocenters. The number of fused-ring (bicyclic) bond motifs is 1. The lowest BCUT2D eigenvalue weighted by atomic mass is 10.1. The van der Waals surface area contributed by atoms with E-state index in [2.05, 4.69) is 10.2 Å². The first-order valence-electron chi connectivity index (χ1n) is 8.83. The molecule has 142 valence electrons. The average Bonchev–Trinajstić information content (AvgIpc) is 2.67. The van der Waals surface area contributed by atoms with Crippen LogP contribution in [0, 0.1) is 13.8 Å². The average molecular weight is 393 g/mol. The van der Waals surface area contributed by atoms with Crippen molar-refractivity contribution in [3.05, 3.63) is 87.3 Å². The smallest absolute Gasteiger partial charge is 0.226 e. The normalized spacial score (nSPS) is 12.4. The van der Waals surface area contributed by atoms with Crippen LogP contribution in [0.4, 0.5) is 0 Å². The number of hydrazone groups is 1. The first-order chi connectivity index (χ1) is 13.5. The molecule has 6 heteroatoms. The summed E-state index contributed by atoms with van der Waals surface area (Å²) in [5.74, 6) is 0.697. The van der Waals surface area contributed by atoms with E-state index in [1.54, 1.807) is 0 Å². The van der Waals surface area contributed by atoms with Crippen LogP contribution in [0.3, 0.4) is 0 Å². The fourth-order valence-electron chi connectivity index (χ4n) is 2.82.